The van der Waals surface area contributed by atoms with E-state index in [9.17, 15) is 4.39 Å². The number of rotatable bonds is 1. The van der Waals surface area contributed by atoms with Crippen LogP contribution in [0.4, 0.5) is 4.39 Å². The highest BCUT2D eigenvalue weighted by atomic mass is 19.1. The van der Waals surface area contributed by atoms with Gasteiger partial charge in [-0.15, -0.1) is 0 Å². The quantitative estimate of drug-likeness (QED) is 0.290. The van der Waals surface area contributed by atoms with Crippen LogP contribution in [0.3, 0.4) is 0 Å². The summed E-state index contributed by atoms with van der Waals surface area (Å²) in [6.07, 6.45) is 0. The largest absolute Gasteiger partial charge is 0.457 e. The third-order valence-electron chi connectivity index (χ3n) is 5.84. The minimum atomic E-state index is -0.224. The van der Waals surface area contributed by atoms with Crippen molar-refractivity contribution < 1.29 is 9.13 Å². The standard InChI is InChI=1S/C27H17FO/c28-20-9-5-8-19(16-20)25-26-21-10-3-1-6-17(21)12-14-23(26)29-24-15-13-18-7-2-4-11-22(18)27(24)25/h1-16,25H. The molecule has 2 heteroatoms. The van der Waals surface area contributed by atoms with Crippen molar-refractivity contribution in [1.82, 2.24) is 0 Å². The Bertz CT molecular complexity index is 1320. The van der Waals surface area contributed by atoms with Crippen molar-refractivity contribution in [2.45, 2.75) is 5.92 Å². The Morgan fingerprint density at radius 2 is 1.17 bits per heavy atom. The second kappa shape index (κ2) is 6.18. The van der Waals surface area contributed by atoms with Crippen molar-refractivity contribution in [3.05, 3.63) is 120 Å². The zero-order chi connectivity index (χ0) is 19.4. The molecule has 0 unspecified atom stereocenters. The van der Waals surface area contributed by atoms with Crippen LogP contribution in [0.5, 0.6) is 11.5 Å². The van der Waals surface area contributed by atoms with Gasteiger partial charge in [-0.25, -0.2) is 4.39 Å². The van der Waals surface area contributed by atoms with E-state index in [0.717, 1.165) is 49.7 Å². The molecule has 0 spiro atoms. The Hall–Kier alpha value is -3.65. The zero-order valence-electron chi connectivity index (χ0n) is 15.6. The molecule has 0 aromatic heterocycles. The summed E-state index contributed by atoms with van der Waals surface area (Å²) < 4.78 is 20.7. The Kier molecular flexibility index (Phi) is 3.48. The third kappa shape index (κ3) is 2.46. The lowest BCUT2D eigenvalue weighted by atomic mass is 9.78. The monoisotopic (exact) mass is 376 g/mol. The molecular formula is C27H17FO. The van der Waals surface area contributed by atoms with Crippen molar-refractivity contribution in [2.24, 2.45) is 0 Å². The van der Waals surface area contributed by atoms with Crippen LogP contribution in [0.15, 0.2) is 97.1 Å². The number of fused-ring (bicyclic) bond motifs is 6. The van der Waals surface area contributed by atoms with Crippen LogP contribution >= 0.6 is 0 Å². The van der Waals surface area contributed by atoms with Gasteiger partial charge in [-0.1, -0.05) is 72.8 Å². The van der Waals surface area contributed by atoms with E-state index in [0.29, 0.717) is 0 Å². The second-order valence-electron chi connectivity index (χ2n) is 7.49. The minimum absolute atomic E-state index is 0.110. The van der Waals surface area contributed by atoms with Crippen LogP contribution < -0.4 is 4.74 Å². The molecule has 0 aliphatic carbocycles. The maximum absolute atomic E-state index is 14.3. The highest BCUT2D eigenvalue weighted by Crippen LogP contribution is 2.52. The number of ether oxygens (including phenoxy) is 1. The van der Waals surface area contributed by atoms with Gasteiger partial charge in [0.2, 0.25) is 0 Å². The summed E-state index contributed by atoms with van der Waals surface area (Å²) in [7, 11) is 0. The molecule has 0 atom stereocenters. The Labute approximate surface area is 168 Å². The van der Waals surface area contributed by atoms with Gasteiger partial charge in [-0.05, 0) is 51.4 Å². The molecule has 0 fully saturated rings. The summed E-state index contributed by atoms with van der Waals surface area (Å²) in [5.74, 6) is 1.33. The smallest absolute Gasteiger partial charge is 0.132 e. The molecule has 0 N–H and O–H groups in total. The summed E-state index contributed by atoms with van der Waals surface area (Å²) in [4.78, 5) is 0. The predicted molar refractivity (Wildman–Crippen MR) is 115 cm³/mol. The van der Waals surface area contributed by atoms with Crippen LogP contribution in [0.25, 0.3) is 21.5 Å². The van der Waals surface area contributed by atoms with Crippen molar-refractivity contribution in [3.8, 4) is 11.5 Å². The van der Waals surface area contributed by atoms with Crippen LogP contribution in [0.1, 0.15) is 22.6 Å². The summed E-state index contributed by atoms with van der Waals surface area (Å²) in [6.45, 7) is 0. The van der Waals surface area contributed by atoms with Crippen molar-refractivity contribution in [1.29, 1.82) is 0 Å². The van der Waals surface area contributed by atoms with Crippen LogP contribution in [-0.4, -0.2) is 0 Å². The van der Waals surface area contributed by atoms with E-state index in [2.05, 4.69) is 36.4 Å². The van der Waals surface area contributed by atoms with Gasteiger partial charge in [-0.3, -0.25) is 0 Å². The molecular weight excluding hydrogens is 359 g/mol. The highest BCUT2D eigenvalue weighted by molar-refractivity contribution is 5.95. The molecule has 6 rings (SSSR count). The van der Waals surface area contributed by atoms with Gasteiger partial charge < -0.3 is 4.74 Å². The molecule has 5 aromatic carbocycles. The molecule has 0 saturated carbocycles. The molecule has 0 bridgehead atoms. The predicted octanol–water partition coefficient (Wildman–Crippen LogP) is 7.42. The fourth-order valence-electron chi connectivity index (χ4n) is 4.61. The number of hydrogen-bond donors (Lipinski definition) is 0. The van der Waals surface area contributed by atoms with Gasteiger partial charge in [0.25, 0.3) is 0 Å². The van der Waals surface area contributed by atoms with E-state index >= 15 is 0 Å². The maximum Gasteiger partial charge on any atom is 0.132 e. The molecule has 29 heavy (non-hydrogen) atoms. The second-order valence-corrected chi connectivity index (χ2v) is 7.49. The number of benzene rings is 5. The van der Waals surface area contributed by atoms with Crippen LogP contribution in [0, 0.1) is 5.82 Å². The summed E-state index contributed by atoms with van der Waals surface area (Å²) in [6, 6.07) is 31.8. The lowest BCUT2D eigenvalue weighted by Gasteiger charge is -2.31. The fraction of sp³-hybridized carbons (Fsp3) is 0.0370. The van der Waals surface area contributed by atoms with Gasteiger partial charge in [0.15, 0.2) is 0 Å². The topological polar surface area (TPSA) is 9.23 Å². The van der Waals surface area contributed by atoms with E-state index in [1.54, 1.807) is 12.1 Å². The van der Waals surface area contributed by atoms with E-state index < -0.39 is 0 Å². The zero-order valence-corrected chi connectivity index (χ0v) is 15.6. The van der Waals surface area contributed by atoms with Crippen molar-refractivity contribution in [3.63, 3.8) is 0 Å². The van der Waals surface area contributed by atoms with E-state index in [1.807, 2.05) is 42.5 Å². The molecule has 1 heterocycles. The summed E-state index contributed by atoms with van der Waals surface area (Å²) in [5.41, 5.74) is 3.12. The average Bonchev–Trinajstić information content (AvgIpc) is 2.77. The highest BCUT2D eigenvalue weighted by Gasteiger charge is 2.32. The SMILES string of the molecule is Fc1cccc(C2c3c(ccc4ccccc34)Oc3ccc4ccccc4c32)c1. The fourth-order valence-corrected chi connectivity index (χ4v) is 4.61. The third-order valence-corrected chi connectivity index (χ3v) is 5.84. The lowest BCUT2D eigenvalue weighted by Crippen LogP contribution is -2.13. The lowest BCUT2D eigenvalue weighted by molar-refractivity contribution is 0.456. The van der Waals surface area contributed by atoms with Gasteiger partial charge in [-0.2, -0.15) is 0 Å². The Morgan fingerprint density at radius 1 is 0.586 bits per heavy atom. The van der Waals surface area contributed by atoms with Crippen LogP contribution in [-0.2, 0) is 0 Å². The van der Waals surface area contributed by atoms with E-state index in [1.165, 1.54) is 6.07 Å². The molecule has 1 nitrogen and oxygen atoms in total. The van der Waals surface area contributed by atoms with Crippen LogP contribution in [0.2, 0.25) is 0 Å². The van der Waals surface area contributed by atoms with Crippen molar-refractivity contribution >= 4 is 21.5 Å². The molecule has 1 aliphatic heterocycles. The average molecular weight is 376 g/mol. The van der Waals surface area contributed by atoms with Gasteiger partial charge in [0, 0.05) is 17.0 Å². The number of halogens is 1. The molecule has 0 radical (unpaired) electrons. The van der Waals surface area contributed by atoms with E-state index in [-0.39, 0.29) is 11.7 Å². The first-order chi connectivity index (χ1) is 14.3. The Balaban J connectivity index is 1.76. The van der Waals surface area contributed by atoms with Crippen molar-refractivity contribution in [2.75, 3.05) is 0 Å². The number of hydrogen-bond acceptors (Lipinski definition) is 1. The molecule has 0 saturated heterocycles. The van der Waals surface area contributed by atoms with Gasteiger partial charge in [0.05, 0.1) is 0 Å². The minimum Gasteiger partial charge on any atom is -0.457 e. The Morgan fingerprint density at radius 3 is 1.76 bits per heavy atom. The summed E-state index contributed by atoms with van der Waals surface area (Å²) >= 11 is 0. The first-order valence-corrected chi connectivity index (χ1v) is 9.76. The first kappa shape index (κ1) is 16.3. The van der Waals surface area contributed by atoms with Gasteiger partial charge in [0.1, 0.15) is 17.3 Å². The first-order valence-electron chi connectivity index (χ1n) is 9.76. The maximum atomic E-state index is 14.3. The molecule has 138 valence electrons. The van der Waals surface area contributed by atoms with E-state index in [4.69, 9.17) is 4.74 Å². The molecule has 0 amide bonds. The summed E-state index contributed by atoms with van der Waals surface area (Å²) in [5, 5.41) is 4.58. The normalized spacial score (nSPS) is 13.1. The van der Waals surface area contributed by atoms with Gasteiger partial charge >= 0.3 is 0 Å². The molecule has 5 aromatic rings. The molecule has 1 aliphatic rings.